The third-order valence-corrected chi connectivity index (χ3v) is 3.22. The summed E-state index contributed by atoms with van der Waals surface area (Å²) in [7, 11) is 1.75. The van der Waals surface area contributed by atoms with Crippen molar-refractivity contribution in [3.05, 3.63) is 0 Å². The minimum absolute atomic E-state index is 0.173. The fraction of sp³-hybridized carbons (Fsp3) is 1.00. The summed E-state index contributed by atoms with van der Waals surface area (Å²) in [6.07, 6.45) is 2.10. The summed E-state index contributed by atoms with van der Waals surface area (Å²) in [6, 6.07) is 0. The second-order valence-electron chi connectivity index (χ2n) is 4.74. The third kappa shape index (κ3) is 2.44. The quantitative estimate of drug-likeness (QED) is 0.715. The molecule has 0 aromatic carbocycles. The normalized spacial score (nSPS) is 41.1. The Balaban J connectivity index is 2.66. The number of hydrogen-bond donors (Lipinski definition) is 1. The fourth-order valence-electron chi connectivity index (χ4n) is 2.59. The van der Waals surface area contributed by atoms with Crippen LogP contribution in [0.1, 0.15) is 33.6 Å². The summed E-state index contributed by atoms with van der Waals surface area (Å²) >= 11 is 0. The fourth-order valence-corrected chi connectivity index (χ4v) is 2.59. The van der Waals surface area contributed by atoms with E-state index in [9.17, 15) is 5.11 Å². The summed E-state index contributed by atoms with van der Waals surface area (Å²) in [6.45, 7) is 6.51. The van der Waals surface area contributed by atoms with E-state index in [0.717, 1.165) is 12.8 Å². The van der Waals surface area contributed by atoms with Crippen LogP contribution in [0.4, 0.5) is 0 Å². The van der Waals surface area contributed by atoms with E-state index in [-0.39, 0.29) is 12.2 Å². The second kappa shape index (κ2) is 4.43. The zero-order valence-corrected chi connectivity index (χ0v) is 9.16. The molecule has 78 valence electrons. The Labute approximate surface area is 81.3 Å². The minimum atomic E-state index is -0.173. The van der Waals surface area contributed by atoms with E-state index in [0.29, 0.717) is 17.8 Å². The molecule has 1 fully saturated rings. The predicted octanol–water partition coefficient (Wildman–Crippen LogP) is 2.06. The molecule has 0 heterocycles. The highest BCUT2D eigenvalue weighted by Gasteiger charge is 2.37. The largest absolute Gasteiger partial charge is 0.393 e. The smallest absolute Gasteiger partial charge is 0.0629 e. The number of rotatable bonds is 2. The average molecular weight is 186 g/mol. The van der Waals surface area contributed by atoms with Gasteiger partial charge >= 0.3 is 0 Å². The minimum Gasteiger partial charge on any atom is -0.393 e. The van der Waals surface area contributed by atoms with E-state index in [2.05, 4.69) is 20.8 Å². The van der Waals surface area contributed by atoms with Crippen LogP contribution in [0.25, 0.3) is 0 Å². The van der Waals surface area contributed by atoms with E-state index >= 15 is 0 Å². The van der Waals surface area contributed by atoms with Crippen LogP contribution in [-0.2, 0) is 4.74 Å². The number of methoxy groups -OCH3 is 1. The molecular formula is C11H22O2. The van der Waals surface area contributed by atoms with Crippen LogP contribution in [0.5, 0.6) is 0 Å². The zero-order chi connectivity index (χ0) is 10.0. The second-order valence-corrected chi connectivity index (χ2v) is 4.74. The average Bonchev–Trinajstić information content (AvgIpc) is 2.01. The van der Waals surface area contributed by atoms with Crippen LogP contribution >= 0.6 is 0 Å². The first-order valence-electron chi connectivity index (χ1n) is 5.27. The van der Waals surface area contributed by atoms with Gasteiger partial charge in [0.1, 0.15) is 0 Å². The Kier molecular flexibility index (Phi) is 3.74. The maximum absolute atomic E-state index is 9.93. The van der Waals surface area contributed by atoms with Crippen LogP contribution in [0.3, 0.4) is 0 Å². The summed E-state index contributed by atoms with van der Waals surface area (Å²) in [5, 5.41) is 9.93. The third-order valence-electron chi connectivity index (χ3n) is 3.22. The van der Waals surface area contributed by atoms with E-state index in [1.165, 1.54) is 0 Å². The lowest BCUT2D eigenvalue weighted by atomic mass is 9.73. The molecular weight excluding hydrogens is 164 g/mol. The SMILES string of the molecule is COC1CC(C)CC(O)C1C(C)C. The lowest BCUT2D eigenvalue weighted by Crippen LogP contribution is -2.43. The van der Waals surface area contributed by atoms with Crippen LogP contribution in [0.2, 0.25) is 0 Å². The summed E-state index contributed by atoms with van der Waals surface area (Å²) in [5.74, 6) is 1.42. The highest BCUT2D eigenvalue weighted by atomic mass is 16.5. The highest BCUT2D eigenvalue weighted by molar-refractivity contribution is 4.87. The predicted molar refractivity (Wildman–Crippen MR) is 53.5 cm³/mol. The first-order chi connectivity index (χ1) is 6.06. The molecule has 1 aliphatic carbocycles. The molecule has 4 atom stereocenters. The Bertz CT molecular complexity index is 156. The molecule has 1 saturated carbocycles. The Hall–Kier alpha value is -0.0800. The monoisotopic (exact) mass is 186 g/mol. The molecule has 0 saturated heterocycles. The van der Waals surface area contributed by atoms with Gasteiger partial charge < -0.3 is 9.84 Å². The number of aliphatic hydroxyl groups excluding tert-OH is 1. The first-order valence-corrected chi connectivity index (χ1v) is 5.27. The van der Waals surface area contributed by atoms with Crippen molar-refractivity contribution in [2.75, 3.05) is 7.11 Å². The highest BCUT2D eigenvalue weighted by Crippen LogP contribution is 2.35. The van der Waals surface area contributed by atoms with Crippen LogP contribution < -0.4 is 0 Å². The molecule has 0 aromatic heterocycles. The molecule has 1 aliphatic rings. The van der Waals surface area contributed by atoms with Crippen LogP contribution in [-0.4, -0.2) is 24.4 Å². The van der Waals surface area contributed by atoms with Crippen molar-refractivity contribution in [2.24, 2.45) is 17.8 Å². The van der Waals surface area contributed by atoms with Gasteiger partial charge in [0.15, 0.2) is 0 Å². The van der Waals surface area contributed by atoms with Gasteiger partial charge in [-0.05, 0) is 24.7 Å². The lowest BCUT2D eigenvalue weighted by molar-refractivity contribution is -0.0791. The molecule has 0 aliphatic heterocycles. The van der Waals surface area contributed by atoms with Gasteiger partial charge in [-0.15, -0.1) is 0 Å². The molecule has 1 N–H and O–H groups in total. The topological polar surface area (TPSA) is 29.5 Å². The molecule has 0 amide bonds. The van der Waals surface area contributed by atoms with E-state index in [4.69, 9.17) is 4.74 Å². The molecule has 0 radical (unpaired) electrons. The van der Waals surface area contributed by atoms with Crippen molar-refractivity contribution in [1.82, 2.24) is 0 Å². The number of aliphatic hydroxyl groups is 1. The Morgan fingerprint density at radius 1 is 1.31 bits per heavy atom. The summed E-state index contributed by atoms with van der Waals surface area (Å²) in [4.78, 5) is 0. The van der Waals surface area contributed by atoms with Gasteiger partial charge in [0.2, 0.25) is 0 Å². The standard InChI is InChI=1S/C11H22O2/c1-7(2)11-9(12)5-8(3)6-10(11)13-4/h7-12H,5-6H2,1-4H3. The van der Waals surface area contributed by atoms with Crippen LogP contribution in [0.15, 0.2) is 0 Å². The molecule has 2 heteroatoms. The van der Waals surface area contributed by atoms with Gasteiger partial charge in [0.05, 0.1) is 12.2 Å². The van der Waals surface area contributed by atoms with Crippen molar-refractivity contribution in [1.29, 1.82) is 0 Å². The zero-order valence-electron chi connectivity index (χ0n) is 9.16. The van der Waals surface area contributed by atoms with E-state index < -0.39 is 0 Å². The van der Waals surface area contributed by atoms with Gasteiger partial charge in [0.25, 0.3) is 0 Å². The molecule has 4 unspecified atom stereocenters. The van der Waals surface area contributed by atoms with Gasteiger partial charge in [-0.1, -0.05) is 20.8 Å². The van der Waals surface area contributed by atoms with Gasteiger partial charge in [-0.3, -0.25) is 0 Å². The number of ether oxygens (including phenoxy) is 1. The lowest BCUT2D eigenvalue weighted by Gasteiger charge is -2.40. The van der Waals surface area contributed by atoms with Crippen molar-refractivity contribution >= 4 is 0 Å². The maximum Gasteiger partial charge on any atom is 0.0629 e. The number of hydrogen-bond acceptors (Lipinski definition) is 2. The molecule has 0 spiro atoms. The van der Waals surface area contributed by atoms with Crippen LogP contribution in [0, 0.1) is 17.8 Å². The van der Waals surface area contributed by atoms with Crippen molar-refractivity contribution < 1.29 is 9.84 Å². The van der Waals surface area contributed by atoms with Gasteiger partial charge in [0, 0.05) is 13.0 Å². The van der Waals surface area contributed by atoms with Crippen molar-refractivity contribution in [3.63, 3.8) is 0 Å². The molecule has 2 nitrogen and oxygen atoms in total. The summed E-state index contributed by atoms with van der Waals surface area (Å²) < 4.78 is 5.45. The van der Waals surface area contributed by atoms with E-state index in [1.807, 2.05) is 0 Å². The van der Waals surface area contributed by atoms with Crippen molar-refractivity contribution in [2.45, 2.75) is 45.8 Å². The molecule has 13 heavy (non-hydrogen) atoms. The maximum atomic E-state index is 9.93. The molecule has 0 aromatic rings. The Morgan fingerprint density at radius 2 is 1.92 bits per heavy atom. The molecule has 1 rings (SSSR count). The first kappa shape index (κ1) is 11.0. The summed E-state index contributed by atoms with van der Waals surface area (Å²) in [5.41, 5.74) is 0. The van der Waals surface area contributed by atoms with Crippen molar-refractivity contribution in [3.8, 4) is 0 Å². The van der Waals surface area contributed by atoms with Gasteiger partial charge in [-0.25, -0.2) is 0 Å². The molecule has 0 bridgehead atoms. The van der Waals surface area contributed by atoms with E-state index in [1.54, 1.807) is 7.11 Å². The Morgan fingerprint density at radius 3 is 2.38 bits per heavy atom. The van der Waals surface area contributed by atoms with Gasteiger partial charge in [-0.2, -0.15) is 0 Å².